The van der Waals surface area contributed by atoms with Gasteiger partial charge in [0.05, 0.1) is 10.6 Å². The summed E-state index contributed by atoms with van der Waals surface area (Å²) in [5.41, 5.74) is 1.23. The van der Waals surface area contributed by atoms with E-state index in [0.29, 0.717) is 17.1 Å². The Morgan fingerprint density at radius 3 is 2.72 bits per heavy atom. The molecule has 0 radical (unpaired) electrons. The fourth-order valence-corrected chi connectivity index (χ4v) is 1.75. The molecule has 0 aromatic heterocycles. The van der Waals surface area contributed by atoms with Gasteiger partial charge in [-0.3, -0.25) is 0 Å². The third kappa shape index (κ3) is 2.44. The smallest absolute Gasteiger partial charge is 0.148 e. The van der Waals surface area contributed by atoms with Gasteiger partial charge in [0.1, 0.15) is 23.4 Å². The number of rotatable bonds is 2. The highest BCUT2D eigenvalue weighted by Crippen LogP contribution is 2.33. The summed E-state index contributed by atoms with van der Waals surface area (Å²) in [6.45, 7) is 1.83. The lowest BCUT2D eigenvalue weighted by Crippen LogP contribution is -1.92. The maximum atomic E-state index is 12.9. The van der Waals surface area contributed by atoms with Gasteiger partial charge in [0.25, 0.3) is 0 Å². The predicted octanol–water partition coefficient (Wildman–Crippen LogP) is 4.45. The van der Waals surface area contributed by atoms with Crippen molar-refractivity contribution in [3.63, 3.8) is 0 Å². The van der Waals surface area contributed by atoms with Crippen molar-refractivity contribution < 1.29 is 9.13 Å². The van der Waals surface area contributed by atoms with Gasteiger partial charge >= 0.3 is 0 Å². The van der Waals surface area contributed by atoms with Crippen molar-refractivity contribution in [3.8, 4) is 17.6 Å². The number of halogens is 2. The molecule has 0 saturated heterocycles. The summed E-state index contributed by atoms with van der Waals surface area (Å²) in [5.74, 6) is 0.329. The van der Waals surface area contributed by atoms with E-state index in [0.717, 1.165) is 5.56 Å². The molecule has 0 atom stereocenters. The predicted molar refractivity (Wildman–Crippen MR) is 67.4 cm³/mol. The van der Waals surface area contributed by atoms with Gasteiger partial charge < -0.3 is 4.74 Å². The standard InChI is InChI=1S/C14H9ClFNO/c1-9-3-2-4-10(8-17)14(9)18-13-6-5-11(16)7-12(13)15/h2-7H,1H3. The number of aryl methyl sites for hydroxylation is 1. The number of para-hydroxylation sites is 1. The molecule has 18 heavy (non-hydrogen) atoms. The molecule has 0 N–H and O–H groups in total. The highest BCUT2D eigenvalue weighted by molar-refractivity contribution is 6.32. The molecule has 0 amide bonds. The van der Waals surface area contributed by atoms with Crippen LogP contribution in [0.3, 0.4) is 0 Å². The second-order valence-electron chi connectivity index (χ2n) is 3.74. The minimum atomic E-state index is -0.433. The molecule has 0 fully saturated rings. The van der Waals surface area contributed by atoms with Crippen molar-refractivity contribution in [3.05, 3.63) is 58.4 Å². The average Bonchev–Trinajstić information content (AvgIpc) is 2.34. The van der Waals surface area contributed by atoms with Gasteiger partial charge in [0.2, 0.25) is 0 Å². The quantitative estimate of drug-likeness (QED) is 0.800. The number of nitrogens with zero attached hydrogens (tertiary/aromatic N) is 1. The zero-order valence-electron chi connectivity index (χ0n) is 9.58. The molecule has 0 aliphatic carbocycles. The van der Waals surface area contributed by atoms with E-state index in [4.69, 9.17) is 21.6 Å². The van der Waals surface area contributed by atoms with E-state index in [2.05, 4.69) is 0 Å². The van der Waals surface area contributed by atoms with Crippen LogP contribution in [0.2, 0.25) is 5.02 Å². The third-order valence-electron chi connectivity index (χ3n) is 2.44. The van der Waals surface area contributed by atoms with Gasteiger partial charge in [-0.05, 0) is 36.8 Å². The lowest BCUT2D eigenvalue weighted by atomic mass is 10.1. The molecule has 2 aromatic carbocycles. The minimum Gasteiger partial charge on any atom is -0.454 e. The van der Waals surface area contributed by atoms with Crippen molar-refractivity contribution in [2.45, 2.75) is 6.92 Å². The van der Waals surface area contributed by atoms with Gasteiger partial charge in [-0.15, -0.1) is 0 Å². The molecule has 2 aromatic rings. The van der Waals surface area contributed by atoms with Crippen molar-refractivity contribution >= 4 is 11.6 Å². The number of hydrogen-bond acceptors (Lipinski definition) is 2. The van der Waals surface area contributed by atoms with Crippen molar-refractivity contribution in [1.82, 2.24) is 0 Å². The lowest BCUT2D eigenvalue weighted by Gasteiger charge is -2.11. The summed E-state index contributed by atoms with van der Waals surface area (Å²) in [7, 11) is 0. The molecule has 0 saturated carbocycles. The second-order valence-corrected chi connectivity index (χ2v) is 4.15. The highest BCUT2D eigenvalue weighted by atomic mass is 35.5. The van der Waals surface area contributed by atoms with Crippen LogP contribution in [-0.2, 0) is 0 Å². The first-order valence-corrected chi connectivity index (χ1v) is 5.62. The SMILES string of the molecule is Cc1cccc(C#N)c1Oc1ccc(F)cc1Cl. The zero-order valence-corrected chi connectivity index (χ0v) is 10.3. The molecule has 0 heterocycles. The van der Waals surface area contributed by atoms with Gasteiger partial charge in [0.15, 0.2) is 0 Å². The Kier molecular flexibility index (Phi) is 3.50. The van der Waals surface area contributed by atoms with Crippen LogP contribution < -0.4 is 4.74 Å². The molecule has 0 spiro atoms. The number of hydrogen-bond donors (Lipinski definition) is 0. The van der Waals surface area contributed by atoms with Crippen molar-refractivity contribution in [2.24, 2.45) is 0 Å². The number of ether oxygens (including phenoxy) is 1. The second kappa shape index (κ2) is 5.07. The van der Waals surface area contributed by atoms with E-state index in [1.54, 1.807) is 12.1 Å². The Balaban J connectivity index is 2.43. The number of nitriles is 1. The fraction of sp³-hybridized carbons (Fsp3) is 0.0714. The Hall–Kier alpha value is -2.05. The molecule has 90 valence electrons. The summed E-state index contributed by atoms with van der Waals surface area (Å²) in [5, 5.41) is 9.18. The molecular weight excluding hydrogens is 253 g/mol. The van der Waals surface area contributed by atoms with E-state index >= 15 is 0 Å². The fourth-order valence-electron chi connectivity index (χ4n) is 1.54. The average molecular weight is 262 g/mol. The normalized spacial score (nSPS) is 9.89. The first kappa shape index (κ1) is 12.4. The van der Waals surface area contributed by atoms with Crippen LogP contribution in [0.4, 0.5) is 4.39 Å². The molecule has 2 rings (SSSR count). The summed E-state index contributed by atoms with van der Waals surface area (Å²) < 4.78 is 18.5. The summed E-state index contributed by atoms with van der Waals surface area (Å²) in [6, 6.07) is 11.2. The van der Waals surface area contributed by atoms with Gasteiger partial charge in [-0.2, -0.15) is 5.26 Å². The van der Waals surface area contributed by atoms with E-state index < -0.39 is 5.82 Å². The Morgan fingerprint density at radius 2 is 2.06 bits per heavy atom. The van der Waals surface area contributed by atoms with Gasteiger partial charge in [-0.25, -0.2) is 4.39 Å². The van der Waals surface area contributed by atoms with E-state index in [-0.39, 0.29) is 5.02 Å². The molecule has 0 aliphatic heterocycles. The Bertz CT molecular complexity index is 634. The minimum absolute atomic E-state index is 0.169. The summed E-state index contributed by atoms with van der Waals surface area (Å²) >= 11 is 5.88. The topological polar surface area (TPSA) is 33.0 Å². The van der Waals surface area contributed by atoms with Crippen molar-refractivity contribution in [2.75, 3.05) is 0 Å². The van der Waals surface area contributed by atoms with Crippen LogP contribution in [0.25, 0.3) is 0 Å². The van der Waals surface area contributed by atoms with Crippen LogP contribution in [0, 0.1) is 24.1 Å². The van der Waals surface area contributed by atoms with Crippen LogP contribution in [0.1, 0.15) is 11.1 Å². The third-order valence-corrected chi connectivity index (χ3v) is 2.73. The molecule has 4 heteroatoms. The van der Waals surface area contributed by atoms with Gasteiger partial charge in [-0.1, -0.05) is 23.7 Å². The maximum Gasteiger partial charge on any atom is 0.148 e. The molecule has 0 bridgehead atoms. The molecule has 2 nitrogen and oxygen atoms in total. The van der Waals surface area contributed by atoms with E-state index in [9.17, 15) is 4.39 Å². The Labute approximate surface area is 109 Å². The van der Waals surface area contributed by atoms with Crippen molar-refractivity contribution in [1.29, 1.82) is 5.26 Å². The number of benzene rings is 2. The maximum absolute atomic E-state index is 12.9. The summed E-state index contributed by atoms with van der Waals surface area (Å²) in [4.78, 5) is 0. The Morgan fingerprint density at radius 1 is 1.28 bits per heavy atom. The first-order valence-electron chi connectivity index (χ1n) is 5.24. The van der Waals surface area contributed by atoms with Crippen LogP contribution in [-0.4, -0.2) is 0 Å². The van der Waals surface area contributed by atoms with Crippen LogP contribution in [0.5, 0.6) is 11.5 Å². The van der Waals surface area contributed by atoms with Crippen LogP contribution >= 0.6 is 11.6 Å². The molecular formula is C14H9ClFNO. The summed E-state index contributed by atoms with van der Waals surface area (Å²) in [6.07, 6.45) is 0. The monoisotopic (exact) mass is 261 g/mol. The lowest BCUT2D eigenvalue weighted by molar-refractivity contribution is 0.475. The molecule has 0 aliphatic rings. The molecule has 0 unspecified atom stereocenters. The van der Waals surface area contributed by atoms with Crippen LogP contribution in [0.15, 0.2) is 36.4 Å². The highest BCUT2D eigenvalue weighted by Gasteiger charge is 2.10. The first-order chi connectivity index (χ1) is 8.61. The van der Waals surface area contributed by atoms with E-state index in [1.807, 2.05) is 19.1 Å². The van der Waals surface area contributed by atoms with Gasteiger partial charge in [0, 0.05) is 0 Å². The largest absolute Gasteiger partial charge is 0.454 e. The van der Waals surface area contributed by atoms with E-state index in [1.165, 1.54) is 18.2 Å². The zero-order chi connectivity index (χ0) is 13.1.